The summed E-state index contributed by atoms with van der Waals surface area (Å²) in [5.41, 5.74) is -2.79. The van der Waals surface area contributed by atoms with Crippen molar-refractivity contribution in [3.63, 3.8) is 0 Å². The molecule has 0 unspecified atom stereocenters. The largest absolute Gasteiger partial charge is 0.292 e. The van der Waals surface area contributed by atoms with E-state index in [2.05, 4.69) is 24.2 Å². The van der Waals surface area contributed by atoms with Crippen LogP contribution in [0, 0.1) is 12.4 Å². The van der Waals surface area contributed by atoms with E-state index in [1.54, 1.807) is 0 Å². The summed E-state index contributed by atoms with van der Waals surface area (Å²) in [6, 6.07) is 4.99. The molecule has 0 fully saturated rings. The topological polar surface area (TPSA) is 92.2 Å². The van der Waals surface area contributed by atoms with Gasteiger partial charge in [-0.05, 0) is 38.0 Å². The zero-order valence-corrected chi connectivity index (χ0v) is 19.1. The number of aliphatic imine (C=N–C) groups is 1. The first kappa shape index (κ1) is 23.8. The van der Waals surface area contributed by atoms with Crippen LogP contribution >= 0.6 is 0 Å². The summed E-state index contributed by atoms with van der Waals surface area (Å²) in [7, 11) is -3.28. The quantitative estimate of drug-likeness (QED) is 0.469. The molecule has 0 N–H and O–H groups in total. The zero-order valence-electron chi connectivity index (χ0n) is 18.2. The average molecular weight is 491 g/mol. The van der Waals surface area contributed by atoms with E-state index in [1.165, 1.54) is 35.6 Å². The normalized spacial score (nSPS) is 24.5. The van der Waals surface area contributed by atoms with Gasteiger partial charge in [-0.1, -0.05) is 6.07 Å². The first-order chi connectivity index (χ1) is 16.2. The molecule has 34 heavy (non-hydrogen) atoms. The molecule has 0 aliphatic carbocycles. The first-order valence-corrected chi connectivity index (χ1v) is 12.2. The number of carbonyl (C=O) groups is 1. The number of amidine groups is 1. The average Bonchev–Trinajstić information content (AvgIpc) is 3.01. The predicted molar refractivity (Wildman–Crippen MR) is 120 cm³/mol. The summed E-state index contributed by atoms with van der Waals surface area (Å²) >= 11 is 0. The lowest BCUT2D eigenvalue weighted by atomic mass is 9.96. The standard InChI is InChI=1S/C22H21F3N6O2S/c1-14-30-22(21(24)25,13-34(33)28-9-3-4-10-31(14)34)20-17(23)7-5-15(29-20)11-19(32)18-8-6-16(26-2)12-27-18/h5-8,12,21H,3-4,9-11,13H2,1H3/t22-,34+/m0/s1. The molecule has 4 heterocycles. The Bertz CT molecular complexity index is 1310. The number of fused-ring (bicyclic) bond motifs is 1. The van der Waals surface area contributed by atoms with Crippen molar-refractivity contribution in [3.8, 4) is 0 Å². The lowest BCUT2D eigenvalue weighted by molar-refractivity contribution is 0.0590. The van der Waals surface area contributed by atoms with E-state index < -0.39 is 44.9 Å². The van der Waals surface area contributed by atoms with Crippen LogP contribution in [0.2, 0.25) is 0 Å². The SMILES string of the molecule is [C-]#[N+]c1ccc(C(=O)Cc2ccc(F)c([C@]3(C(F)F)C[S@@]4(=O)=NCCCCN4C(C)=N3)n2)nc1. The third kappa shape index (κ3) is 4.27. The van der Waals surface area contributed by atoms with Crippen molar-refractivity contribution < 1.29 is 22.2 Å². The molecule has 12 heteroatoms. The van der Waals surface area contributed by atoms with Crippen molar-refractivity contribution in [2.45, 2.75) is 38.2 Å². The highest BCUT2D eigenvalue weighted by Crippen LogP contribution is 2.40. The second-order valence-corrected chi connectivity index (χ2v) is 10.2. The lowest BCUT2D eigenvalue weighted by Gasteiger charge is -2.39. The fraction of sp³-hybridized carbons (Fsp3) is 0.409. The number of alkyl halides is 2. The van der Waals surface area contributed by atoms with Gasteiger partial charge in [0.25, 0.3) is 6.43 Å². The fourth-order valence-electron chi connectivity index (χ4n) is 4.04. The van der Waals surface area contributed by atoms with Crippen LogP contribution < -0.4 is 0 Å². The molecule has 0 spiro atoms. The van der Waals surface area contributed by atoms with E-state index >= 15 is 0 Å². The molecule has 0 radical (unpaired) electrons. The van der Waals surface area contributed by atoms with Crippen molar-refractivity contribution in [1.29, 1.82) is 0 Å². The third-order valence-electron chi connectivity index (χ3n) is 5.72. The van der Waals surface area contributed by atoms with Gasteiger partial charge in [0.05, 0.1) is 25.3 Å². The molecule has 0 saturated heterocycles. The number of hydrogen-bond donors (Lipinski definition) is 0. The second-order valence-electron chi connectivity index (χ2n) is 8.04. The Morgan fingerprint density at radius 3 is 2.76 bits per heavy atom. The summed E-state index contributed by atoms with van der Waals surface area (Å²) in [4.78, 5) is 28.0. The number of pyridine rings is 2. The first-order valence-electron chi connectivity index (χ1n) is 10.5. The Morgan fingerprint density at radius 2 is 2.09 bits per heavy atom. The van der Waals surface area contributed by atoms with Gasteiger partial charge in [0.2, 0.25) is 5.69 Å². The number of hydrogen-bond acceptors (Lipinski definition) is 6. The molecular weight excluding hydrogens is 469 g/mol. The fourth-order valence-corrected chi connectivity index (χ4v) is 6.60. The summed E-state index contributed by atoms with van der Waals surface area (Å²) in [5, 5.41) is 0. The van der Waals surface area contributed by atoms with Crippen molar-refractivity contribution in [2.24, 2.45) is 9.36 Å². The third-order valence-corrected chi connectivity index (χ3v) is 8.25. The van der Waals surface area contributed by atoms with Gasteiger partial charge in [-0.25, -0.2) is 26.6 Å². The van der Waals surface area contributed by atoms with Crippen molar-refractivity contribution in [2.75, 3.05) is 18.8 Å². The summed E-state index contributed by atoms with van der Waals surface area (Å²) in [5.74, 6) is -2.12. The smallest absolute Gasteiger partial charge is 0.270 e. The van der Waals surface area contributed by atoms with E-state index in [0.717, 1.165) is 6.07 Å². The minimum absolute atomic E-state index is 0.0421. The minimum atomic E-state index is -3.28. The summed E-state index contributed by atoms with van der Waals surface area (Å²) < 4.78 is 63.3. The lowest BCUT2D eigenvalue weighted by Crippen LogP contribution is -2.52. The molecule has 2 atom stereocenters. The molecule has 8 nitrogen and oxygen atoms in total. The number of rotatable bonds is 5. The number of nitrogens with zero attached hydrogens (tertiary/aromatic N) is 6. The molecule has 0 aromatic carbocycles. The van der Waals surface area contributed by atoms with E-state index in [0.29, 0.717) is 19.4 Å². The highest BCUT2D eigenvalue weighted by atomic mass is 32.2. The van der Waals surface area contributed by atoms with Crippen LogP contribution in [0.5, 0.6) is 0 Å². The Balaban J connectivity index is 1.75. The molecular formula is C22H21F3N6O2S. The number of Topliss-reactive ketones (excluding diaryl/α,β-unsaturated/α-hetero) is 1. The van der Waals surface area contributed by atoms with Crippen LogP contribution in [0.3, 0.4) is 0 Å². The van der Waals surface area contributed by atoms with Crippen molar-refractivity contribution in [1.82, 2.24) is 14.3 Å². The maximum atomic E-state index is 14.9. The molecule has 0 saturated carbocycles. The van der Waals surface area contributed by atoms with Crippen LogP contribution in [0.25, 0.3) is 4.85 Å². The highest BCUT2D eigenvalue weighted by Gasteiger charge is 2.52. The van der Waals surface area contributed by atoms with Crippen LogP contribution in [-0.4, -0.2) is 55.4 Å². The zero-order chi connectivity index (χ0) is 24.5. The van der Waals surface area contributed by atoms with Gasteiger partial charge in [0.1, 0.15) is 33.0 Å². The minimum Gasteiger partial charge on any atom is -0.292 e. The van der Waals surface area contributed by atoms with Crippen LogP contribution in [0.4, 0.5) is 18.9 Å². The van der Waals surface area contributed by atoms with Crippen LogP contribution in [-0.2, 0) is 21.9 Å². The monoisotopic (exact) mass is 490 g/mol. The summed E-state index contributed by atoms with van der Waals surface area (Å²) in [6.07, 6.45) is -0.946. The number of carbonyl (C=O) groups excluding carboxylic acids is 1. The van der Waals surface area contributed by atoms with Gasteiger partial charge < -0.3 is 0 Å². The molecule has 4 rings (SSSR count). The van der Waals surface area contributed by atoms with E-state index in [4.69, 9.17) is 6.57 Å². The molecule has 0 bridgehead atoms. The number of halogens is 3. The molecule has 0 amide bonds. The Kier molecular flexibility index (Phi) is 6.40. The Hall–Kier alpha value is -3.33. The Labute approximate surface area is 195 Å². The predicted octanol–water partition coefficient (Wildman–Crippen LogP) is 3.96. The maximum absolute atomic E-state index is 14.9. The second kappa shape index (κ2) is 9.13. The van der Waals surface area contributed by atoms with Gasteiger partial charge in [0.15, 0.2) is 11.3 Å². The molecule has 2 aromatic heterocycles. The van der Waals surface area contributed by atoms with E-state index in [9.17, 15) is 22.2 Å². The maximum Gasteiger partial charge on any atom is 0.270 e. The number of ketones is 1. The van der Waals surface area contributed by atoms with Crippen molar-refractivity contribution in [3.05, 3.63) is 64.8 Å². The Morgan fingerprint density at radius 1 is 1.29 bits per heavy atom. The molecule has 178 valence electrons. The van der Waals surface area contributed by atoms with Gasteiger partial charge in [-0.15, -0.1) is 0 Å². The highest BCUT2D eigenvalue weighted by molar-refractivity contribution is 7.92. The van der Waals surface area contributed by atoms with Crippen LogP contribution in [0.15, 0.2) is 39.8 Å². The molecule has 2 aromatic rings. The van der Waals surface area contributed by atoms with Crippen molar-refractivity contribution >= 4 is 27.2 Å². The van der Waals surface area contributed by atoms with Gasteiger partial charge >= 0.3 is 0 Å². The molecule has 2 aliphatic rings. The molecule has 2 aliphatic heterocycles. The van der Waals surface area contributed by atoms with E-state index in [1.807, 2.05) is 0 Å². The van der Waals surface area contributed by atoms with Gasteiger partial charge in [0, 0.05) is 18.4 Å². The van der Waals surface area contributed by atoms with E-state index in [-0.39, 0.29) is 35.9 Å². The van der Waals surface area contributed by atoms with Gasteiger partial charge in [-0.3, -0.25) is 24.1 Å². The van der Waals surface area contributed by atoms with Crippen LogP contribution in [0.1, 0.15) is 41.6 Å². The summed E-state index contributed by atoms with van der Waals surface area (Å²) in [6.45, 7) is 9.02. The number of aromatic nitrogens is 2. The van der Waals surface area contributed by atoms with Gasteiger partial charge in [-0.2, -0.15) is 0 Å².